The van der Waals surface area contributed by atoms with Crippen LogP contribution in [0.5, 0.6) is 0 Å². The second-order valence-corrected chi connectivity index (χ2v) is 8.30. The number of aromatic amines is 1. The lowest BCUT2D eigenvalue weighted by Crippen LogP contribution is -2.33. The van der Waals surface area contributed by atoms with Gasteiger partial charge in [0.05, 0.1) is 5.69 Å². The highest BCUT2D eigenvalue weighted by atomic mass is 16.2. The van der Waals surface area contributed by atoms with Crippen LogP contribution < -0.4 is 21.1 Å². The minimum Gasteiger partial charge on any atom is -0.357 e. The van der Waals surface area contributed by atoms with Crippen molar-refractivity contribution in [2.75, 3.05) is 23.3 Å². The Hall–Kier alpha value is -3.68. The summed E-state index contributed by atoms with van der Waals surface area (Å²) in [5, 5.41) is 5.67. The zero-order chi connectivity index (χ0) is 22.5. The number of pyridine rings is 1. The van der Waals surface area contributed by atoms with E-state index in [2.05, 4.69) is 37.4 Å². The first kappa shape index (κ1) is 21.5. The summed E-state index contributed by atoms with van der Waals surface area (Å²) in [6, 6.07) is 12.4. The minimum atomic E-state index is -0.294. The second-order valence-electron chi connectivity index (χ2n) is 8.30. The number of aryl methyl sites for hydroxylation is 1. The summed E-state index contributed by atoms with van der Waals surface area (Å²) in [6.07, 6.45) is 4.22. The van der Waals surface area contributed by atoms with Gasteiger partial charge in [0, 0.05) is 43.1 Å². The van der Waals surface area contributed by atoms with Gasteiger partial charge in [-0.2, -0.15) is 0 Å². The Morgan fingerprint density at radius 1 is 1.16 bits per heavy atom. The lowest BCUT2D eigenvalue weighted by Gasteiger charge is -2.31. The van der Waals surface area contributed by atoms with Crippen molar-refractivity contribution in [3.8, 4) is 11.3 Å². The molecule has 8 nitrogen and oxygen atoms in total. The molecule has 1 fully saturated rings. The summed E-state index contributed by atoms with van der Waals surface area (Å²) < 4.78 is 0. The van der Waals surface area contributed by atoms with E-state index in [1.54, 1.807) is 19.1 Å². The Bertz CT molecular complexity index is 1120. The van der Waals surface area contributed by atoms with Crippen molar-refractivity contribution in [2.24, 2.45) is 5.92 Å². The maximum atomic E-state index is 12.3. The number of nitrogens with zero attached hydrogens (tertiary/aromatic N) is 3. The maximum absolute atomic E-state index is 12.3. The van der Waals surface area contributed by atoms with E-state index in [1.165, 1.54) is 18.9 Å². The molecule has 2 aromatic heterocycles. The van der Waals surface area contributed by atoms with Crippen molar-refractivity contribution >= 4 is 17.5 Å². The molecule has 1 aromatic carbocycles. The van der Waals surface area contributed by atoms with Crippen LogP contribution in [-0.4, -0.2) is 34.1 Å². The summed E-state index contributed by atoms with van der Waals surface area (Å²) in [6.45, 7) is 6.52. The maximum Gasteiger partial charge on any atom is 0.319 e. The Labute approximate surface area is 187 Å². The van der Waals surface area contributed by atoms with Crippen LogP contribution in [0.1, 0.15) is 31.2 Å². The molecular weight excluding hydrogens is 404 g/mol. The molecule has 8 heteroatoms. The highest BCUT2D eigenvalue weighted by Crippen LogP contribution is 2.21. The lowest BCUT2D eigenvalue weighted by atomic mass is 9.99. The van der Waals surface area contributed by atoms with E-state index in [4.69, 9.17) is 0 Å². The smallest absolute Gasteiger partial charge is 0.319 e. The molecule has 2 amide bonds. The van der Waals surface area contributed by atoms with Crippen LogP contribution in [-0.2, 0) is 6.54 Å². The molecule has 0 spiro atoms. The fourth-order valence-electron chi connectivity index (χ4n) is 3.76. The normalized spacial score (nSPS) is 14.2. The third-order valence-electron chi connectivity index (χ3n) is 5.67. The summed E-state index contributed by atoms with van der Waals surface area (Å²) >= 11 is 0. The predicted octanol–water partition coefficient (Wildman–Crippen LogP) is 3.70. The number of amides is 2. The number of H-pyrrole nitrogens is 1. The Morgan fingerprint density at radius 3 is 2.56 bits per heavy atom. The van der Waals surface area contributed by atoms with E-state index in [0.717, 1.165) is 36.0 Å². The van der Waals surface area contributed by atoms with Crippen molar-refractivity contribution in [1.29, 1.82) is 0 Å². The van der Waals surface area contributed by atoms with E-state index in [-0.39, 0.29) is 11.6 Å². The molecule has 3 N–H and O–H groups in total. The molecule has 1 aliphatic heterocycles. The van der Waals surface area contributed by atoms with Gasteiger partial charge >= 0.3 is 6.03 Å². The third-order valence-corrected chi connectivity index (χ3v) is 5.67. The summed E-state index contributed by atoms with van der Waals surface area (Å²) in [5.41, 5.74) is 2.81. The standard InChI is InChI=1S/C24H28N6O2/c1-16-9-11-30(12-10-16)22-8-3-18(14-25-22)15-26-24(32)29-20-6-4-19(5-7-20)21-13-23(31)28-17(2)27-21/h3-8,13-14,16H,9-12,15H2,1-2H3,(H2,26,29,32)(H,27,28,31). The number of hydrogen-bond donors (Lipinski definition) is 3. The van der Waals surface area contributed by atoms with Crippen molar-refractivity contribution in [1.82, 2.24) is 20.3 Å². The number of urea groups is 1. The molecule has 32 heavy (non-hydrogen) atoms. The SMILES string of the molecule is Cc1nc(-c2ccc(NC(=O)NCc3ccc(N4CCC(C)CC4)nc3)cc2)cc(=O)[nH]1. The van der Waals surface area contributed by atoms with E-state index < -0.39 is 0 Å². The monoisotopic (exact) mass is 432 g/mol. The molecule has 0 atom stereocenters. The van der Waals surface area contributed by atoms with Gasteiger partial charge in [-0.05, 0) is 49.4 Å². The topological polar surface area (TPSA) is 103 Å². The molecule has 166 valence electrons. The van der Waals surface area contributed by atoms with E-state index in [0.29, 0.717) is 23.8 Å². The van der Waals surface area contributed by atoms with Gasteiger partial charge in [0.1, 0.15) is 11.6 Å². The lowest BCUT2D eigenvalue weighted by molar-refractivity contribution is 0.251. The largest absolute Gasteiger partial charge is 0.357 e. The number of nitrogens with one attached hydrogen (secondary N) is 3. The number of piperidine rings is 1. The van der Waals surface area contributed by atoms with Gasteiger partial charge in [-0.1, -0.05) is 25.1 Å². The van der Waals surface area contributed by atoms with E-state index in [1.807, 2.05) is 30.5 Å². The summed E-state index contributed by atoms with van der Waals surface area (Å²) in [4.78, 5) is 37.7. The fourth-order valence-corrected chi connectivity index (χ4v) is 3.76. The molecule has 3 aromatic rings. The molecule has 0 saturated carbocycles. The van der Waals surface area contributed by atoms with Crippen molar-refractivity contribution in [3.05, 3.63) is 70.4 Å². The Morgan fingerprint density at radius 2 is 1.91 bits per heavy atom. The molecule has 4 rings (SSSR count). The van der Waals surface area contributed by atoms with Crippen molar-refractivity contribution < 1.29 is 4.79 Å². The van der Waals surface area contributed by atoms with Crippen LogP contribution in [0.2, 0.25) is 0 Å². The highest BCUT2D eigenvalue weighted by Gasteiger charge is 2.16. The number of rotatable bonds is 5. The average molecular weight is 433 g/mol. The predicted molar refractivity (Wildman–Crippen MR) is 126 cm³/mol. The average Bonchev–Trinajstić information content (AvgIpc) is 2.78. The van der Waals surface area contributed by atoms with Gasteiger partial charge in [0.25, 0.3) is 5.56 Å². The number of carbonyl (C=O) groups excluding carboxylic acids is 1. The minimum absolute atomic E-state index is 0.192. The summed E-state index contributed by atoms with van der Waals surface area (Å²) in [7, 11) is 0. The second kappa shape index (κ2) is 9.64. The van der Waals surface area contributed by atoms with Gasteiger partial charge in [-0.3, -0.25) is 4.79 Å². The van der Waals surface area contributed by atoms with Gasteiger partial charge in [0.15, 0.2) is 0 Å². The molecule has 0 aliphatic carbocycles. The summed E-state index contributed by atoms with van der Waals surface area (Å²) in [5.74, 6) is 2.34. The molecule has 1 aliphatic rings. The van der Waals surface area contributed by atoms with Crippen LogP contribution in [0.3, 0.4) is 0 Å². The van der Waals surface area contributed by atoms with Gasteiger partial charge in [-0.15, -0.1) is 0 Å². The molecule has 0 bridgehead atoms. The molecule has 0 unspecified atom stereocenters. The van der Waals surface area contributed by atoms with Crippen LogP contribution in [0.25, 0.3) is 11.3 Å². The van der Waals surface area contributed by atoms with E-state index in [9.17, 15) is 9.59 Å². The molecule has 3 heterocycles. The van der Waals surface area contributed by atoms with Crippen LogP contribution in [0.15, 0.2) is 53.5 Å². The zero-order valence-corrected chi connectivity index (χ0v) is 18.4. The molecular formula is C24H28N6O2. The molecule has 0 radical (unpaired) electrons. The van der Waals surface area contributed by atoms with Crippen LogP contribution in [0, 0.1) is 12.8 Å². The van der Waals surface area contributed by atoms with Gasteiger partial charge < -0.3 is 20.5 Å². The van der Waals surface area contributed by atoms with Crippen LogP contribution in [0.4, 0.5) is 16.3 Å². The van der Waals surface area contributed by atoms with Crippen molar-refractivity contribution in [2.45, 2.75) is 33.2 Å². The van der Waals surface area contributed by atoms with Crippen LogP contribution >= 0.6 is 0 Å². The number of hydrogen-bond acceptors (Lipinski definition) is 5. The Kier molecular flexibility index (Phi) is 6.49. The number of benzene rings is 1. The van der Waals surface area contributed by atoms with Gasteiger partial charge in [-0.25, -0.2) is 14.8 Å². The number of carbonyl (C=O) groups is 1. The van der Waals surface area contributed by atoms with E-state index >= 15 is 0 Å². The fraction of sp³-hybridized carbons (Fsp3) is 0.333. The zero-order valence-electron chi connectivity index (χ0n) is 18.4. The molecule has 1 saturated heterocycles. The van der Waals surface area contributed by atoms with Gasteiger partial charge in [0.2, 0.25) is 0 Å². The quantitative estimate of drug-likeness (QED) is 0.570. The first-order chi connectivity index (χ1) is 15.5. The number of aromatic nitrogens is 3. The first-order valence-electron chi connectivity index (χ1n) is 10.9. The highest BCUT2D eigenvalue weighted by molar-refractivity contribution is 5.89. The third kappa shape index (κ3) is 5.51. The number of anilines is 2. The Balaban J connectivity index is 1.29. The first-order valence-corrected chi connectivity index (χ1v) is 10.9. The van der Waals surface area contributed by atoms with Crippen molar-refractivity contribution in [3.63, 3.8) is 0 Å².